The number of halogens is 1. The van der Waals surface area contributed by atoms with E-state index < -0.39 is 0 Å². The first-order valence-electron chi connectivity index (χ1n) is 7.88. The summed E-state index contributed by atoms with van der Waals surface area (Å²) in [5, 5.41) is 4.59. The van der Waals surface area contributed by atoms with Gasteiger partial charge in [-0.25, -0.2) is 0 Å². The molecule has 1 nitrogen and oxygen atoms in total. The zero-order valence-corrected chi connectivity index (χ0v) is 12.8. The highest BCUT2D eigenvalue weighted by Crippen LogP contribution is 2.41. The summed E-state index contributed by atoms with van der Waals surface area (Å²) in [6.45, 7) is 0. The van der Waals surface area contributed by atoms with Crippen LogP contribution >= 0.6 is 11.6 Å². The molecule has 1 fully saturated rings. The molecule has 108 valence electrons. The van der Waals surface area contributed by atoms with Crippen LogP contribution in [0.25, 0.3) is 0 Å². The summed E-state index contributed by atoms with van der Waals surface area (Å²) in [4.78, 5) is 0. The van der Waals surface area contributed by atoms with Gasteiger partial charge in [0.05, 0.1) is 0 Å². The molecule has 2 heteroatoms. The minimum atomic E-state index is 0.596. The normalized spacial score (nSPS) is 27.0. The van der Waals surface area contributed by atoms with Gasteiger partial charge in [0, 0.05) is 16.8 Å². The van der Waals surface area contributed by atoms with E-state index in [9.17, 15) is 0 Å². The molecule has 0 amide bonds. The maximum Gasteiger partial charge on any atom is 0.0407 e. The van der Waals surface area contributed by atoms with Gasteiger partial charge < -0.3 is 5.32 Å². The van der Waals surface area contributed by atoms with Crippen LogP contribution in [0.5, 0.6) is 0 Å². The molecule has 0 saturated heterocycles. The number of anilines is 1. The van der Waals surface area contributed by atoms with Crippen LogP contribution in [-0.4, -0.2) is 6.04 Å². The van der Waals surface area contributed by atoms with E-state index in [2.05, 4.69) is 41.7 Å². The SMILES string of the molecule is Clc1ccc(NC2C3CCC2Cc2ccccc2C3)cc1. The molecule has 0 aliphatic heterocycles. The van der Waals surface area contributed by atoms with E-state index in [0.717, 1.165) is 16.9 Å². The molecular formula is C19H20ClN. The van der Waals surface area contributed by atoms with Gasteiger partial charge in [-0.3, -0.25) is 0 Å². The molecule has 0 heterocycles. The molecule has 2 atom stereocenters. The van der Waals surface area contributed by atoms with E-state index in [0.29, 0.717) is 6.04 Å². The van der Waals surface area contributed by atoms with Crippen LogP contribution in [0, 0.1) is 11.8 Å². The molecule has 0 spiro atoms. The molecule has 2 unspecified atom stereocenters. The van der Waals surface area contributed by atoms with Crippen molar-refractivity contribution in [1.29, 1.82) is 0 Å². The van der Waals surface area contributed by atoms with Gasteiger partial charge >= 0.3 is 0 Å². The Labute approximate surface area is 131 Å². The van der Waals surface area contributed by atoms with Crippen LogP contribution in [0.1, 0.15) is 24.0 Å². The molecule has 1 N–H and O–H groups in total. The highest BCUT2D eigenvalue weighted by Gasteiger charge is 2.38. The van der Waals surface area contributed by atoms with Crippen molar-refractivity contribution < 1.29 is 0 Å². The van der Waals surface area contributed by atoms with Crippen molar-refractivity contribution in [2.45, 2.75) is 31.7 Å². The van der Waals surface area contributed by atoms with Crippen LogP contribution < -0.4 is 5.32 Å². The van der Waals surface area contributed by atoms with Gasteiger partial charge in [0.25, 0.3) is 0 Å². The monoisotopic (exact) mass is 297 g/mol. The average molecular weight is 298 g/mol. The van der Waals surface area contributed by atoms with Gasteiger partial charge in [0.15, 0.2) is 0 Å². The Morgan fingerprint density at radius 1 is 0.810 bits per heavy atom. The van der Waals surface area contributed by atoms with E-state index in [-0.39, 0.29) is 0 Å². The summed E-state index contributed by atoms with van der Waals surface area (Å²) in [5.74, 6) is 1.52. The first kappa shape index (κ1) is 13.2. The summed E-state index contributed by atoms with van der Waals surface area (Å²) in [7, 11) is 0. The van der Waals surface area contributed by atoms with Crippen molar-refractivity contribution in [3.8, 4) is 0 Å². The number of nitrogens with one attached hydrogen (secondary N) is 1. The van der Waals surface area contributed by atoms with Crippen LogP contribution in [0.2, 0.25) is 5.02 Å². The molecule has 2 bridgehead atoms. The Morgan fingerprint density at radius 3 is 1.95 bits per heavy atom. The van der Waals surface area contributed by atoms with Crippen LogP contribution in [-0.2, 0) is 12.8 Å². The Balaban J connectivity index is 1.59. The fraction of sp³-hybridized carbons (Fsp3) is 0.368. The number of fused-ring (bicyclic) bond motifs is 3. The largest absolute Gasteiger partial charge is 0.382 e. The van der Waals surface area contributed by atoms with Gasteiger partial charge in [-0.1, -0.05) is 35.9 Å². The van der Waals surface area contributed by atoms with Crippen LogP contribution in [0.3, 0.4) is 0 Å². The zero-order chi connectivity index (χ0) is 14.2. The van der Waals surface area contributed by atoms with Gasteiger partial charge in [-0.15, -0.1) is 0 Å². The van der Waals surface area contributed by atoms with Gasteiger partial charge in [0.2, 0.25) is 0 Å². The summed E-state index contributed by atoms with van der Waals surface area (Å²) >= 11 is 5.98. The summed E-state index contributed by atoms with van der Waals surface area (Å²) in [6, 6.07) is 17.7. The fourth-order valence-electron chi connectivity index (χ4n) is 4.13. The van der Waals surface area contributed by atoms with Crippen molar-refractivity contribution in [1.82, 2.24) is 0 Å². The summed E-state index contributed by atoms with van der Waals surface area (Å²) in [5.41, 5.74) is 4.33. The van der Waals surface area contributed by atoms with E-state index in [1.54, 1.807) is 11.1 Å². The van der Waals surface area contributed by atoms with Crippen LogP contribution in [0.4, 0.5) is 5.69 Å². The number of hydrogen-bond donors (Lipinski definition) is 1. The molecule has 0 radical (unpaired) electrons. The topological polar surface area (TPSA) is 12.0 Å². The van der Waals surface area contributed by atoms with Gasteiger partial charge in [-0.2, -0.15) is 0 Å². The van der Waals surface area contributed by atoms with Gasteiger partial charge in [-0.05, 0) is 72.9 Å². The van der Waals surface area contributed by atoms with Crippen molar-refractivity contribution >= 4 is 17.3 Å². The lowest BCUT2D eigenvalue weighted by atomic mass is 9.94. The summed E-state index contributed by atoms with van der Waals surface area (Å²) in [6.07, 6.45) is 5.14. The molecule has 2 aliphatic carbocycles. The fourth-order valence-corrected chi connectivity index (χ4v) is 4.25. The number of hydrogen-bond acceptors (Lipinski definition) is 1. The molecule has 21 heavy (non-hydrogen) atoms. The summed E-state index contributed by atoms with van der Waals surface area (Å²) < 4.78 is 0. The minimum Gasteiger partial charge on any atom is -0.382 e. The van der Waals surface area contributed by atoms with Gasteiger partial charge in [0.1, 0.15) is 0 Å². The molecule has 1 saturated carbocycles. The third-order valence-electron chi connectivity index (χ3n) is 5.18. The third kappa shape index (κ3) is 2.55. The van der Waals surface area contributed by atoms with Crippen molar-refractivity contribution in [2.24, 2.45) is 11.8 Å². The first-order chi connectivity index (χ1) is 10.3. The Morgan fingerprint density at radius 2 is 1.38 bits per heavy atom. The molecule has 2 aromatic carbocycles. The minimum absolute atomic E-state index is 0.596. The first-order valence-corrected chi connectivity index (χ1v) is 8.26. The molecule has 4 rings (SSSR count). The van der Waals surface area contributed by atoms with E-state index >= 15 is 0 Å². The lowest BCUT2D eigenvalue weighted by Crippen LogP contribution is -2.30. The lowest BCUT2D eigenvalue weighted by Gasteiger charge is -2.25. The average Bonchev–Trinajstić information content (AvgIpc) is 2.76. The molecule has 2 aromatic rings. The highest BCUT2D eigenvalue weighted by atomic mass is 35.5. The van der Waals surface area contributed by atoms with E-state index in [1.807, 2.05) is 12.1 Å². The van der Waals surface area contributed by atoms with Crippen LogP contribution in [0.15, 0.2) is 48.5 Å². The zero-order valence-electron chi connectivity index (χ0n) is 12.1. The standard InChI is InChI=1S/C19H20ClN/c20-17-7-9-18(10-8-17)21-19-15-5-6-16(19)12-14-4-2-1-3-13(14)11-15/h1-4,7-10,15-16,19,21H,5-6,11-12H2. The molecular weight excluding hydrogens is 278 g/mol. The Kier molecular flexibility index (Phi) is 3.39. The quantitative estimate of drug-likeness (QED) is 0.827. The smallest absolute Gasteiger partial charge is 0.0407 e. The lowest BCUT2D eigenvalue weighted by molar-refractivity contribution is 0.450. The predicted octanol–water partition coefficient (Wildman–Crippen LogP) is 4.95. The van der Waals surface area contributed by atoms with Crippen molar-refractivity contribution in [2.75, 3.05) is 5.32 Å². The van der Waals surface area contributed by atoms with E-state index in [1.165, 1.54) is 31.4 Å². The Bertz CT molecular complexity index is 601. The maximum atomic E-state index is 5.98. The second-order valence-corrected chi connectivity index (χ2v) is 6.89. The highest BCUT2D eigenvalue weighted by molar-refractivity contribution is 6.30. The second kappa shape index (κ2) is 5.38. The maximum absolute atomic E-state index is 5.98. The molecule has 0 aromatic heterocycles. The molecule has 2 aliphatic rings. The van der Waals surface area contributed by atoms with Crippen molar-refractivity contribution in [3.05, 3.63) is 64.7 Å². The second-order valence-electron chi connectivity index (χ2n) is 6.45. The van der Waals surface area contributed by atoms with E-state index in [4.69, 9.17) is 11.6 Å². The predicted molar refractivity (Wildman–Crippen MR) is 88.9 cm³/mol. The Hall–Kier alpha value is -1.47. The number of rotatable bonds is 2. The van der Waals surface area contributed by atoms with Crippen molar-refractivity contribution in [3.63, 3.8) is 0 Å². The number of benzene rings is 2. The third-order valence-corrected chi connectivity index (χ3v) is 5.44.